The predicted octanol–water partition coefficient (Wildman–Crippen LogP) is 3.42. The molecule has 0 fully saturated rings. The molecule has 0 spiro atoms. The van der Waals surface area contributed by atoms with Gasteiger partial charge in [-0.15, -0.1) is 0 Å². The standard InChI is InChI=1S/C18H24N2O3/c1-5-22-17(21)15-12-20(11-14-9-7-6-8-10-14)19-16(15)13-23-18(2,3)4/h6-10,12H,5,11,13H2,1-4H3. The smallest absolute Gasteiger partial charge is 0.341 e. The number of ether oxygens (including phenoxy) is 2. The van der Waals surface area contributed by atoms with E-state index < -0.39 is 0 Å². The maximum Gasteiger partial charge on any atom is 0.341 e. The zero-order valence-electron chi connectivity index (χ0n) is 14.2. The van der Waals surface area contributed by atoms with Crippen molar-refractivity contribution in [3.05, 3.63) is 53.3 Å². The Morgan fingerprint density at radius 3 is 2.52 bits per heavy atom. The minimum absolute atomic E-state index is 0.277. The molecule has 23 heavy (non-hydrogen) atoms. The van der Waals surface area contributed by atoms with Crippen LogP contribution in [0.4, 0.5) is 0 Å². The lowest BCUT2D eigenvalue weighted by Crippen LogP contribution is -2.20. The molecule has 0 aliphatic rings. The molecular weight excluding hydrogens is 292 g/mol. The highest BCUT2D eigenvalue weighted by Crippen LogP contribution is 2.16. The van der Waals surface area contributed by atoms with Gasteiger partial charge in [-0.05, 0) is 33.3 Å². The lowest BCUT2D eigenvalue weighted by Gasteiger charge is -2.18. The van der Waals surface area contributed by atoms with Crippen LogP contribution in [-0.2, 0) is 22.6 Å². The van der Waals surface area contributed by atoms with Crippen molar-refractivity contribution in [1.82, 2.24) is 9.78 Å². The molecule has 0 saturated heterocycles. The van der Waals surface area contributed by atoms with E-state index in [1.165, 1.54) is 0 Å². The molecule has 0 bridgehead atoms. The Hall–Kier alpha value is -2.14. The molecule has 5 nitrogen and oxygen atoms in total. The van der Waals surface area contributed by atoms with E-state index in [4.69, 9.17) is 9.47 Å². The van der Waals surface area contributed by atoms with Crippen LogP contribution in [0.2, 0.25) is 0 Å². The molecule has 5 heteroatoms. The lowest BCUT2D eigenvalue weighted by molar-refractivity contribution is -0.0172. The van der Waals surface area contributed by atoms with Gasteiger partial charge in [0.25, 0.3) is 0 Å². The van der Waals surface area contributed by atoms with Gasteiger partial charge in [0, 0.05) is 6.20 Å². The zero-order chi connectivity index (χ0) is 16.9. The number of benzene rings is 1. The maximum absolute atomic E-state index is 12.1. The van der Waals surface area contributed by atoms with Crippen molar-refractivity contribution >= 4 is 5.97 Å². The Kier molecular flexibility index (Phi) is 5.55. The van der Waals surface area contributed by atoms with Gasteiger partial charge in [0.2, 0.25) is 0 Å². The Balaban J connectivity index is 2.22. The third-order valence-corrected chi connectivity index (χ3v) is 3.16. The van der Waals surface area contributed by atoms with Gasteiger partial charge in [-0.25, -0.2) is 4.79 Å². The van der Waals surface area contributed by atoms with Gasteiger partial charge in [-0.3, -0.25) is 4.68 Å². The summed E-state index contributed by atoms with van der Waals surface area (Å²) < 4.78 is 12.6. The Morgan fingerprint density at radius 1 is 1.22 bits per heavy atom. The Bertz CT molecular complexity index is 642. The van der Waals surface area contributed by atoms with Crippen LogP contribution in [0.15, 0.2) is 36.5 Å². The van der Waals surface area contributed by atoms with Gasteiger partial charge < -0.3 is 9.47 Å². The van der Waals surface area contributed by atoms with Crippen molar-refractivity contribution < 1.29 is 14.3 Å². The molecule has 0 amide bonds. The van der Waals surface area contributed by atoms with E-state index in [2.05, 4.69) is 5.10 Å². The largest absolute Gasteiger partial charge is 0.462 e. The van der Waals surface area contributed by atoms with Crippen LogP contribution >= 0.6 is 0 Å². The van der Waals surface area contributed by atoms with Crippen LogP contribution in [0.5, 0.6) is 0 Å². The van der Waals surface area contributed by atoms with E-state index in [0.29, 0.717) is 24.4 Å². The fourth-order valence-electron chi connectivity index (χ4n) is 2.08. The van der Waals surface area contributed by atoms with E-state index in [-0.39, 0.29) is 18.2 Å². The highest BCUT2D eigenvalue weighted by Gasteiger charge is 2.20. The molecule has 0 N–H and O–H groups in total. The SMILES string of the molecule is CCOC(=O)c1cn(Cc2ccccc2)nc1COC(C)(C)C. The average Bonchev–Trinajstić information content (AvgIpc) is 2.89. The number of rotatable bonds is 6. The first-order valence-corrected chi connectivity index (χ1v) is 7.80. The molecule has 2 rings (SSSR count). The highest BCUT2D eigenvalue weighted by molar-refractivity contribution is 5.90. The van der Waals surface area contributed by atoms with Crippen LogP contribution in [0.3, 0.4) is 0 Å². The van der Waals surface area contributed by atoms with Crippen molar-refractivity contribution in [2.75, 3.05) is 6.61 Å². The molecule has 2 aromatic rings. The van der Waals surface area contributed by atoms with E-state index in [1.807, 2.05) is 51.1 Å². The average molecular weight is 316 g/mol. The third-order valence-electron chi connectivity index (χ3n) is 3.16. The number of carbonyl (C=O) groups excluding carboxylic acids is 1. The summed E-state index contributed by atoms with van der Waals surface area (Å²) in [7, 11) is 0. The van der Waals surface area contributed by atoms with Crippen molar-refractivity contribution in [2.24, 2.45) is 0 Å². The Labute approximate surface area is 137 Å². The van der Waals surface area contributed by atoms with E-state index in [0.717, 1.165) is 5.56 Å². The van der Waals surface area contributed by atoms with Crippen molar-refractivity contribution in [3.8, 4) is 0 Å². The first kappa shape index (κ1) is 17.2. The summed E-state index contributed by atoms with van der Waals surface area (Å²) in [4.78, 5) is 12.1. The molecular formula is C18H24N2O3. The van der Waals surface area contributed by atoms with Crippen molar-refractivity contribution in [3.63, 3.8) is 0 Å². The van der Waals surface area contributed by atoms with Crippen molar-refractivity contribution in [2.45, 2.75) is 46.4 Å². The topological polar surface area (TPSA) is 53.4 Å². The van der Waals surface area contributed by atoms with Crippen LogP contribution in [0.1, 0.15) is 49.3 Å². The second-order valence-corrected chi connectivity index (χ2v) is 6.29. The van der Waals surface area contributed by atoms with Crippen LogP contribution in [0.25, 0.3) is 0 Å². The summed E-state index contributed by atoms with van der Waals surface area (Å²) >= 11 is 0. The van der Waals surface area contributed by atoms with Crippen LogP contribution in [0, 0.1) is 0 Å². The molecule has 0 radical (unpaired) electrons. The number of esters is 1. The quantitative estimate of drug-likeness (QED) is 0.766. The second kappa shape index (κ2) is 7.42. The van der Waals surface area contributed by atoms with Crippen LogP contribution < -0.4 is 0 Å². The van der Waals surface area contributed by atoms with Gasteiger partial charge in [-0.1, -0.05) is 30.3 Å². The number of carbonyl (C=O) groups is 1. The zero-order valence-corrected chi connectivity index (χ0v) is 14.2. The fraction of sp³-hybridized carbons (Fsp3) is 0.444. The monoisotopic (exact) mass is 316 g/mol. The summed E-state index contributed by atoms with van der Waals surface area (Å²) in [5.41, 5.74) is 1.89. The molecule has 1 aromatic heterocycles. The molecule has 0 aliphatic carbocycles. The van der Waals surface area contributed by atoms with E-state index >= 15 is 0 Å². The minimum atomic E-state index is -0.362. The summed E-state index contributed by atoms with van der Waals surface area (Å²) in [6.45, 7) is 8.91. The third kappa shape index (κ3) is 5.21. The maximum atomic E-state index is 12.1. The van der Waals surface area contributed by atoms with Gasteiger partial charge >= 0.3 is 5.97 Å². The van der Waals surface area contributed by atoms with E-state index in [9.17, 15) is 4.79 Å². The van der Waals surface area contributed by atoms with Crippen molar-refractivity contribution in [1.29, 1.82) is 0 Å². The fourth-order valence-corrected chi connectivity index (χ4v) is 2.08. The van der Waals surface area contributed by atoms with E-state index in [1.54, 1.807) is 17.8 Å². The molecule has 0 saturated carbocycles. The first-order valence-electron chi connectivity index (χ1n) is 7.80. The summed E-state index contributed by atoms with van der Waals surface area (Å²) in [5.74, 6) is -0.362. The highest BCUT2D eigenvalue weighted by atomic mass is 16.5. The van der Waals surface area contributed by atoms with Gasteiger partial charge in [0.15, 0.2) is 0 Å². The molecule has 0 aliphatic heterocycles. The van der Waals surface area contributed by atoms with Gasteiger partial charge in [-0.2, -0.15) is 5.10 Å². The normalized spacial score (nSPS) is 11.5. The minimum Gasteiger partial charge on any atom is -0.462 e. The lowest BCUT2D eigenvalue weighted by atomic mass is 10.2. The summed E-state index contributed by atoms with van der Waals surface area (Å²) in [5, 5.41) is 4.50. The summed E-state index contributed by atoms with van der Waals surface area (Å²) in [6, 6.07) is 9.98. The second-order valence-electron chi connectivity index (χ2n) is 6.29. The number of aromatic nitrogens is 2. The predicted molar refractivity (Wildman–Crippen MR) is 88.3 cm³/mol. The van der Waals surface area contributed by atoms with Crippen LogP contribution in [-0.4, -0.2) is 28.0 Å². The first-order chi connectivity index (χ1) is 10.9. The number of hydrogen-bond acceptors (Lipinski definition) is 4. The molecule has 1 heterocycles. The Morgan fingerprint density at radius 2 is 1.91 bits per heavy atom. The van der Waals surface area contributed by atoms with Gasteiger partial charge in [0.05, 0.1) is 25.4 Å². The number of hydrogen-bond donors (Lipinski definition) is 0. The summed E-state index contributed by atoms with van der Waals surface area (Å²) in [6.07, 6.45) is 1.73. The number of nitrogens with zero attached hydrogens (tertiary/aromatic N) is 2. The molecule has 1 aromatic carbocycles. The molecule has 124 valence electrons. The van der Waals surface area contributed by atoms with Gasteiger partial charge in [0.1, 0.15) is 11.3 Å². The molecule has 0 atom stereocenters. The molecule has 0 unspecified atom stereocenters.